The predicted octanol–water partition coefficient (Wildman–Crippen LogP) is 1.83. The summed E-state index contributed by atoms with van der Waals surface area (Å²) in [5.41, 5.74) is 1.40. The quantitative estimate of drug-likeness (QED) is 0.832. The number of aliphatic hydroxyl groups is 1. The van der Waals surface area contributed by atoms with E-state index in [1.165, 1.54) is 0 Å². The Morgan fingerprint density at radius 1 is 1.06 bits per heavy atom. The van der Waals surface area contributed by atoms with Crippen LogP contribution in [-0.2, 0) is 15.6 Å². The Morgan fingerprint density at radius 2 is 1.59 bits per heavy atom. The third kappa shape index (κ3) is 1.49. The van der Waals surface area contributed by atoms with Gasteiger partial charge in [0.1, 0.15) is 0 Å². The second-order valence-electron chi connectivity index (χ2n) is 5.40. The van der Waals surface area contributed by atoms with E-state index in [1.807, 2.05) is 24.3 Å². The SMILES string of the molecule is O=C(O)C1(c2ccc(C3(CO)CC3)cc2)CC1. The molecule has 2 N–H and O–H groups in total. The van der Waals surface area contributed by atoms with Gasteiger partial charge in [-0.15, -0.1) is 0 Å². The van der Waals surface area contributed by atoms with Gasteiger partial charge in [0.2, 0.25) is 0 Å². The summed E-state index contributed by atoms with van der Waals surface area (Å²) in [6, 6.07) is 7.82. The molecule has 0 heterocycles. The number of hydrogen-bond acceptors (Lipinski definition) is 2. The zero-order valence-corrected chi connectivity index (χ0v) is 9.65. The lowest BCUT2D eigenvalue weighted by molar-refractivity contribution is -0.140. The van der Waals surface area contributed by atoms with Gasteiger partial charge in [-0.1, -0.05) is 24.3 Å². The number of rotatable bonds is 4. The molecule has 0 unspecified atom stereocenters. The van der Waals surface area contributed by atoms with Crippen molar-refractivity contribution in [2.75, 3.05) is 6.61 Å². The van der Waals surface area contributed by atoms with E-state index in [0.29, 0.717) is 0 Å². The fourth-order valence-electron chi connectivity index (χ4n) is 2.58. The second kappa shape index (κ2) is 3.33. The maximum atomic E-state index is 11.2. The minimum absolute atomic E-state index is 0.0293. The molecule has 0 spiro atoms. The molecule has 0 radical (unpaired) electrons. The normalized spacial score (nSPS) is 23.1. The summed E-state index contributed by atoms with van der Waals surface area (Å²) < 4.78 is 0. The van der Waals surface area contributed by atoms with E-state index < -0.39 is 11.4 Å². The number of carboxylic acid groups (broad SMARTS) is 1. The highest BCUT2D eigenvalue weighted by atomic mass is 16.4. The second-order valence-corrected chi connectivity index (χ2v) is 5.40. The summed E-state index contributed by atoms with van der Waals surface area (Å²) in [4.78, 5) is 11.2. The molecule has 17 heavy (non-hydrogen) atoms. The lowest BCUT2D eigenvalue weighted by Gasteiger charge is -2.15. The third-order valence-electron chi connectivity index (χ3n) is 4.37. The fourth-order valence-corrected chi connectivity index (χ4v) is 2.58. The van der Waals surface area contributed by atoms with Crippen molar-refractivity contribution in [3.05, 3.63) is 35.4 Å². The van der Waals surface area contributed by atoms with Crippen LogP contribution in [0.15, 0.2) is 24.3 Å². The lowest BCUT2D eigenvalue weighted by Crippen LogP contribution is -2.20. The van der Waals surface area contributed by atoms with Gasteiger partial charge in [-0.3, -0.25) is 4.79 Å². The van der Waals surface area contributed by atoms with Crippen LogP contribution in [0.25, 0.3) is 0 Å². The van der Waals surface area contributed by atoms with Crippen LogP contribution in [0, 0.1) is 0 Å². The summed E-state index contributed by atoms with van der Waals surface area (Å²) in [6.07, 6.45) is 3.56. The van der Waals surface area contributed by atoms with Crippen LogP contribution in [0.5, 0.6) is 0 Å². The largest absolute Gasteiger partial charge is 0.481 e. The van der Waals surface area contributed by atoms with Gasteiger partial charge >= 0.3 is 5.97 Å². The van der Waals surface area contributed by atoms with Crippen molar-refractivity contribution in [3.8, 4) is 0 Å². The predicted molar refractivity (Wildman–Crippen MR) is 63.0 cm³/mol. The van der Waals surface area contributed by atoms with Crippen molar-refractivity contribution in [1.29, 1.82) is 0 Å². The molecule has 3 rings (SSSR count). The average Bonchev–Trinajstić information content (AvgIpc) is 3.23. The summed E-state index contributed by atoms with van der Waals surface area (Å²) in [7, 11) is 0. The Labute approximate surface area is 100 Å². The molecule has 0 aromatic heterocycles. The molecule has 0 atom stereocenters. The molecule has 2 saturated carbocycles. The number of aliphatic carboxylic acids is 1. The summed E-state index contributed by atoms with van der Waals surface area (Å²) in [6.45, 7) is 0.191. The van der Waals surface area contributed by atoms with E-state index in [2.05, 4.69) is 0 Å². The molecule has 0 saturated heterocycles. The van der Waals surface area contributed by atoms with Crippen LogP contribution in [-0.4, -0.2) is 22.8 Å². The van der Waals surface area contributed by atoms with Crippen molar-refractivity contribution in [3.63, 3.8) is 0 Å². The van der Waals surface area contributed by atoms with Gasteiger partial charge in [0.05, 0.1) is 12.0 Å². The molecule has 2 aliphatic carbocycles. The standard InChI is InChI=1S/C14H16O3/c15-9-13(5-6-13)10-1-3-11(4-2-10)14(7-8-14)12(16)17/h1-4,15H,5-9H2,(H,16,17). The third-order valence-corrected chi connectivity index (χ3v) is 4.37. The number of hydrogen-bond donors (Lipinski definition) is 2. The zero-order chi connectivity index (χ0) is 12.1. The number of aliphatic hydroxyl groups excluding tert-OH is 1. The number of carboxylic acids is 1. The highest BCUT2D eigenvalue weighted by Gasteiger charge is 2.52. The molecule has 2 aliphatic rings. The molecule has 0 aliphatic heterocycles. The van der Waals surface area contributed by atoms with E-state index in [9.17, 15) is 15.0 Å². The molecule has 1 aromatic rings. The van der Waals surface area contributed by atoms with Gasteiger partial charge in [0, 0.05) is 5.41 Å². The Bertz CT molecular complexity index is 453. The smallest absolute Gasteiger partial charge is 0.314 e. The monoisotopic (exact) mass is 232 g/mol. The van der Waals surface area contributed by atoms with Crippen molar-refractivity contribution in [1.82, 2.24) is 0 Å². The van der Waals surface area contributed by atoms with Crippen LogP contribution in [0.2, 0.25) is 0 Å². The van der Waals surface area contributed by atoms with Gasteiger partial charge in [-0.25, -0.2) is 0 Å². The lowest BCUT2D eigenvalue weighted by atomic mass is 9.91. The summed E-state index contributed by atoms with van der Waals surface area (Å²) in [5, 5.41) is 18.6. The van der Waals surface area contributed by atoms with E-state index in [1.54, 1.807) is 0 Å². The zero-order valence-electron chi connectivity index (χ0n) is 9.65. The topological polar surface area (TPSA) is 57.5 Å². The van der Waals surface area contributed by atoms with Gasteiger partial charge in [-0.05, 0) is 36.8 Å². The Kier molecular flexibility index (Phi) is 2.11. The minimum Gasteiger partial charge on any atom is -0.481 e. The molecule has 0 bridgehead atoms. The highest BCUT2D eigenvalue weighted by Crippen LogP contribution is 2.51. The van der Waals surface area contributed by atoms with Crippen molar-refractivity contribution >= 4 is 5.97 Å². The molecule has 0 amide bonds. The van der Waals surface area contributed by atoms with Crippen molar-refractivity contribution in [2.24, 2.45) is 0 Å². The first-order valence-corrected chi connectivity index (χ1v) is 6.08. The first-order chi connectivity index (χ1) is 8.13. The molecule has 3 nitrogen and oxygen atoms in total. The fraction of sp³-hybridized carbons (Fsp3) is 0.500. The Morgan fingerprint density at radius 3 is 1.94 bits per heavy atom. The summed E-state index contributed by atoms with van der Waals surface area (Å²) >= 11 is 0. The molecule has 1 aromatic carbocycles. The van der Waals surface area contributed by atoms with Crippen molar-refractivity contribution < 1.29 is 15.0 Å². The molecule has 2 fully saturated rings. The molecule has 90 valence electrons. The van der Waals surface area contributed by atoms with Gasteiger partial charge in [0.15, 0.2) is 0 Å². The molecular weight excluding hydrogens is 216 g/mol. The van der Waals surface area contributed by atoms with E-state index in [0.717, 1.165) is 36.8 Å². The van der Waals surface area contributed by atoms with Gasteiger partial charge in [-0.2, -0.15) is 0 Å². The van der Waals surface area contributed by atoms with E-state index >= 15 is 0 Å². The van der Waals surface area contributed by atoms with E-state index in [4.69, 9.17) is 0 Å². The average molecular weight is 232 g/mol. The minimum atomic E-state index is -0.714. The van der Waals surface area contributed by atoms with Crippen molar-refractivity contribution in [2.45, 2.75) is 36.5 Å². The number of carbonyl (C=O) groups is 1. The molecular formula is C14H16O3. The first kappa shape index (κ1) is 10.8. The van der Waals surface area contributed by atoms with Crippen LogP contribution in [0.1, 0.15) is 36.8 Å². The molecule has 3 heteroatoms. The van der Waals surface area contributed by atoms with Gasteiger partial charge in [0.25, 0.3) is 0 Å². The van der Waals surface area contributed by atoms with Crippen LogP contribution in [0.4, 0.5) is 0 Å². The highest BCUT2D eigenvalue weighted by molar-refractivity contribution is 5.84. The number of benzene rings is 1. The van der Waals surface area contributed by atoms with Crippen LogP contribution >= 0.6 is 0 Å². The van der Waals surface area contributed by atoms with Crippen LogP contribution < -0.4 is 0 Å². The van der Waals surface area contributed by atoms with Gasteiger partial charge < -0.3 is 10.2 Å². The first-order valence-electron chi connectivity index (χ1n) is 6.08. The maximum Gasteiger partial charge on any atom is 0.314 e. The Balaban J connectivity index is 1.89. The maximum absolute atomic E-state index is 11.2. The van der Waals surface area contributed by atoms with Crippen LogP contribution in [0.3, 0.4) is 0 Å². The summed E-state index contributed by atoms with van der Waals surface area (Å²) in [5.74, 6) is -0.714. The Hall–Kier alpha value is -1.35. The van der Waals surface area contributed by atoms with E-state index in [-0.39, 0.29) is 12.0 Å².